The third kappa shape index (κ3) is 5.70. The lowest BCUT2D eigenvalue weighted by atomic mass is 9.98. The van der Waals surface area contributed by atoms with E-state index in [4.69, 9.17) is 19.3 Å². The van der Waals surface area contributed by atoms with E-state index in [1.54, 1.807) is 12.1 Å². The van der Waals surface area contributed by atoms with Crippen LogP contribution in [0.15, 0.2) is 42.2 Å². The number of carboxylic acid groups (broad SMARTS) is 1. The Morgan fingerprint density at radius 1 is 0.946 bits per heavy atom. The number of carbonyl (C=O) groups is 2. The zero-order valence-corrected chi connectivity index (χ0v) is 19.0. The van der Waals surface area contributed by atoms with Crippen LogP contribution in [0.2, 0.25) is 0 Å². The van der Waals surface area contributed by atoms with Gasteiger partial charge in [0.15, 0.2) is 5.76 Å². The van der Waals surface area contributed by atoms with Crippen molar-refractivity contribution >= 4 is 18.0 Å². The Bertz CT molecular complexity index is 1190. The lowest BCUT2D eigenvalue weighted by molar-refractivity contribution is -0.296. The molecule has 13 nitrogen and oxygen atoms in total. The normalized spacial score (nSPS) is 26.8. The second-order valence-electron chi connectivity index (χ2n) is 8.45. The van der Waals surface area contributed by atoms with E-state index >= 15 is 0 Å². The molecule has 2 aromatic carbocycles. The molecule has 6 unspecified atom stereocenters. The summed E-state index contributed by atoms with van der Waals surface area (Å²) < 4.78 is 20.7. The van der Waals surface area contributed by atoms with Gasteiger partial charge in [-0.3, -0.25) is 9.59 Å². The van der Waals surface area contributed by atoms with Gasteiger partial charge in [-0.25, -0.2) is 0 Å². The highest BCUT2D eigenvalue weighted by Gasteiger charge is 2.47. The van der Waals surface area contributed by atoms with E-state index < -0.39 is 61.8 Å². The Labute approximate surface area is 209 Å². The topological polar surface area (TPSA) is 216 Å². The molecular weight excluding hydrogens is 496 g/mol. The Hall–Kier alpha value is -4.04. The van der Waals surface area contributed by atoms with Crippen LogP contribution in [0.3, 0.4) is 0 Å². The standard InChI is InChI=1S/C24H24O13/c25-11-3-1-10(2-4-11)23-16(7-13-14(27)5-12(26)6-15(13)35-23)36-24-22(33)21(32)20(31)17(37-24)9-34-19(30)8-18(28)29/h1-7,17,20-27,31-33H,8-9H2,(H,28,29)/p+1. The number of fused-ring (bicyclic) bond motifs is 1. The number of benzene rings is 2. The summed E-state index contributed by atoms with van der Waals surface area (Å²) in [6.45, 7) is -0.634. The Morgan fingerprint density at radius 3 is 2.32 bits per heavy atom. The first kappa shape index (κ1) is 26.0. The molecule has 198 valence electrons. The van der Waals surface area contributed by atoms with Crippen molar-refractivity contribution in [2.45, 2.75) is 43.2 Å². The SMILES string of the molecule is O=C(O)CC(=O)OCC1OC(OC2=Cc3c(O)cc(O)cc3[OH+]C2c2ccc(O)cc2)C(O)C(O)C1O. The molecule has 0 amide bonds. The smallest absolute Gasteiger partial charge is 0.317 e. The molecule has 0 spiro atoms. The largest absolute Gasteiger partial charge is 0.571 e. The van der Waals surface area contributed by atoms with Gasteiger partial charge in [-0.1, -0.05) is 0 Å². The number of phenols is 3. The third-order valence-electron chi connectivity index (χ3n) is 5.78. The Morgan fingerprint density at radius 2 is 1.65 bits per heavy atom. The minimum absolute atomic E-state index is 0.00914. The monoisotopic (exact) mass is 521 g/mol. The average molecular weight is 521 g/mol. The maximum Gasteiger partial charge on any atom is 0.317 e. The lowest BCUT2D eigenvalue weighted by Gasteiger charge is -2.40. The van der Waals surface area contributed by atoms with E-state index in [1.165, 1.54) is 24.3 Å². The summed E-state index contributed by atoms with van der Waals surface area (Å²) in [5.41, 5.74) is 0.704. The summed E-state index contributed by atoms with van der Waals surface area (Å²) in [7, 11) is 0. The van der Waals surface area contributed by atoms with Gasteiger partial charge in [-0.05, 0) is 24.3 Å². The number of hydrogen-bond donors (Lipinski definition) is 7. The van der Waals surface area contributed by atoms with Gasteiger partial charge < -0.3 is 54.7 Å². The van der Waals surface area contributed by atoms with Crippen LogP contribution in [0, 0.1) is 0 Å². The fourth-order valence-corrected chi connectivity index (χ4v) is 3.92. The predicted octanol–water partition coefficient (Wildman–Crippen LogP) is -0.0174. The summed E-state index contributed by atoms with van der Waals surface area (Å²) in [5, 5.41) is 69.6. The fourth-order valence-electron chi connectivity index (χ4n) is 3.92. The number of phenolic OH excluding ortho intramolecular Hbond substituents is 3. The highest BCUT2D eigenvalue weighted by molar-refractivity contribution is 5.90. The second-order valence-corrected chi connectivity index (χ2v) is 8.45. The van der Waals surface area contributed by atoms with Gasteiger partial charge in [0.1, 0.15) is 60.3 Å². The van der Waals surface area contributed by atoms with Crippen molar-refractivity contribution < 1.29 is 64.3 Å². The van der Waals surface area contributed by atoms with Gasteiger partial charge in [-0.2, -0.15) is 0 Å². The summed E-state index contributed by atoms with van der Waals surface area (Å²) in [5.74, 6) is -2.81. The van der Waals surface area contributed by atoms with Crippen LogP contribution < -0.4 is 0 Å². The first-order valence-electron chi connectivity index (χ1n) is 11.0. The molecule has 8 N–H and O–H groups in total. The number of ether oxygens (including phenoxy) is 4. The van der Waals surface area contributed by atoms with E-state index in [9.17, 15) is 40.2 Å². The maximum atomic E-state index is 11.6. The van der Waals surface area contributed by atoms with Gasteiger partial charge in [-0.15, -0.1) is 0 Å². The Kier molecular flexibility index (Phi) is 7.40. The van der Waals surface area contributed by atoms with Gasteiger partial charge in [0.2, 0.25) is 6.29 Å². The van der Waals surface area contributed by atoms with Crippen LogP contribution in [0.1, 0.15) is 23.7 Å². The minimum Gasteiger partial charge on any atom is -0.571 e. The number of hydrogen-bond acceptors (Lipinski definition) is 11. The second kappa shape index (κ2) is 10.5. The van der Waals surface area contributed by atoms with Crippen LogP contribution in [0.4, 0.5) is 0 Å². The van der Waals surface area contributed by atoms with Crippen molar-refractivity contribution in [3.05, 3.63) is 53.3 Å². The van der Waals surface area contributed by atoms with Crippen molar-refractivity contribution in [3.63, 3.8) is 0 Å². The van der Waals surface area contributed by atoms with Gasteiger partial charge >= 0.3 is 11.9 Å². The summed E-state index contributed by atoms with van der Waals surface area (Å²) >= 11 is 0. The zero-order valence-electron chi connectivity index (χ0n) is 19.0. The van der Waals surface area contributed by atoms with Crippen LogP contribution in [0.5, 0.6) is 23.0 Å². The number of aliphatic hydroxyl groups excluding tert-OH is 3. The molecule has 0 radical (unpaired) electrons. The molecule has 0 aromatic heterocycles. The third-order valence-corrected chi connectivity index (χ3v) is 5.78. The van der Waals surface area contributed by atoms with Crippen molar-refractivity contribution in [2.75, 3.05) is 6.61 Å². The summed E-state index contributed by atoms with van der Waals surface area (Å²) in [4.78, 5) is 22.2. The number of esters is 1. The van der Waals surface area contributed by atoms with E-state index in [0.717, 1.165) is 6.07 Å². The molecule has 2 aliphatic rings. The number of carbonyl (C=O) groups excluding carboxylic acids is 1. The molecular formula is C24H25O13+. The molecule has 6 atom stereocenters. The molecule has 2 aromatic rings. The minimum atomic E-state index is -1.78. The highest BCUT2D eigenvalue weighted by atomic mass is 16.7. The molecule has 0 aliphatic carbocycles. The molecule has 0 bridgehead atoms. The number of aliphatic carboxylic acids is 1. The molecule has 0 saturated carbocycles. The van der Waals surface area contributed by atoms with Crippen molar-refractivity contribution in [3.8, 4) is 23.0 Å². The van der Waals surface area contributed by atoms with Crippen molar-refractivity contribution in [2.24, 2.45) is 0 Å². The molecule has 1 saturated heterocycles. The van der Waals surface area contributed by atoms with Crippen molar-refractivity contribution in [1.82, 2.24) is 0 Å². The zero-order chi connectivity index (χ0) is 26.9. The number of rotatable bonds is 7. The molecule has 2 aliphatic heterocycles. The molecule has 13 heteroatoms. The number of aliphatic hydroxyl groups is 4. The van der Waals surface area contributed by atoms with Crippen molar-refractivity contribution in [1.29, 1.82) is 0 Å². The number of aromatic hydroxyl groups is 4. The first-order valence-corrected chi connectivity index (χ1v) is 11.0. The van der Waals surface area contributed by atoms with Crippen LogP contribution in [-0.4, -0.2) is 89.7 Å². The summed E-state index contributed by atoms with van der Waals surface area (Å²) in [6, 6.07) is 8.34. The molecule has 37 heavy (non-hydrogen) atoms. The average Bonchev–Trinajstić information content (AvgIpc) is 2.83. The lowest BCUT2D eigenvalue weighted by Crippen LogP contribution is -2.59. The quantitative estimate of drug-likeness (QED) is 0.145. The maximum absolute atomic E-state index is 11.6. The molecule has 1 fully saturated rings. The van der Waals surface area contributed by atoms with E-state index in [1.807, 2.05) is 0 Å². The van der Waals surface area contributed by atoms with Gasteiger partial charge in [0, 0.05) is 12.1 Å². The van der Waals surface area contributed by atoms with E-state index in [2.05, 4.69) is 4.74 Å². The highest BCUT2D eigenvalue weighted by Crippen LogP contribution is 2.45. The van der Waals surface area contributed by atoms with Gasteiger partial charge in [0.25, 0.3) is 11.9 Å². The first-order chi connectivity index (χ1) is 17.5. The van der Waals surface area contributed by atoms with E-state index in [-0.39, 0.29) is 34.3 Å². The van der Waals surface area contributed by atoms with E-state index in [0.29, 0.717) is 5.56 Å². The van der Waals surface area contributed by atoms with Crippen LogP contribution in [-0.2, 0) is 23.8 Å². The predicted molar refractivity (Wildman–Crippen MR) is 121 cm³/mol. The van der Waals surface area contributed by atoms with Gasteiger partial charge in [0.05, 0.1) is 11.6 Å². The Balaban J connectivity index is 1.61. The fraction of sp³-hybridized carbons (Fsp3) is 0.333. The number of carboxylic acids is 1. The van der Waals surface area contributed by atoms with Crippen LogP contribution >= 0.6 is 0 Å². The molecule has 2 heterocycles. The van der Waals surface area contributed by atoms with Crippen LogP contribution in [0.25, 0.3) is 6.08 Å². The molecule has 4 rings (SSSR count). The summed E-state index contributed by atoms with van der Waals surface area (Å²) in [6.07, 6.45) is -8.67.